The van der Waals surface area contributed by atoms with Crippen LogP contribution in [0.1, 0.15) is 36.8 Å². The van der Waals surface area contributed by atoms with Crippen LogP contribution < -0.4 is 0 Å². The molecule has 0 radical (unpaired) electrons. The lowest BCUT2D eigenvalue weighted by Crippen LogP contribution is -2.38. The summed E-state index contributed by atoms with van der Waals surface area (Å²) in [6.45, 7) is 2.00. The van der Waals surface area contributed by atoms with Crippen molar-refractivity contribution in [2.75, 3.05) is 0 Å². The van der Waals surface area contributed by atoms with Gasteiger partial charge >= 0.3 is 0 Å². The number of Topliss-reactive ketones (excluding diaryl/α,β-unsaturated/α-hetero) is 1. The number of aryl methyl sites for hydroxylation is 1. The second kappa shape index (κ2) is 3.78. The Bertz CT molecular complexity index is 367. The Morgan fingerprint density at radius 1 is 1.20 bits per heavy atom. The Morgan fingerprint density at radius 3 is 2.47 bits per heavy atom. The fraction of sp³-hybridized carbons (Fsp3) is 0.462. The average molecular weight is 204 g/mol. The molecule has 0 unspecified atom stereocenters. The second-order valence-electron chi connectivity index (χ2n) is 4.36. The van der Waals surface area contributed by atoms with Gasteiger partial charge in [0.1, 0.15) is 5.60 Å². The van der Waals surface area contributed by atoms with Crippen LogP contribution in [0.25, 0.3) is 0 Å². The van der Waals surface area contributed by atoms with E-state index in [2.05, 4.69) is 0 Å². The van der Waals surface area contributed by atoms with Crippen molar-refractivity contribution in [3.8, 4) is 0 Å². The molecule has 1 atom stereocenters. The van der Waals surface area contributed by atoms with E-state index in [1.807, 2.05) is 31.2 Å². The number of benzene rings is 1. The quantitative estimate of drug-likeness (QED) is 0.762. The van der Waals surface area contributed by atoms with Crippen molar-refractivity contribution in [3.63, 3.8) is 0 Å². The molecule has 1 saturated carbocycles. The maximum atomic E-state index is 11.8. The summed E-state index contributed by atoms with van der Waals surface area (Å²) >= 11 is 0. The van der Waals surface area contributed by atoms with Gasteiger partial charge in [0.25, 0.3) is 0 Å². The minimum absolute atomic E-state index is 0.0300. The summed E-state index contributed by atoms with van der Waals surface area (Å²) in [6, 6.07) is 7.60. The Hall–Kier alpha value is -1.15. The zero-order chi connectivity index (χ0) is 10.9. The number of hydrogen-bond donors (Lipinski definition) is 1. The van der Waals surface area contributed by atoms with E-state index in [9.17, 15) is 9.90 Å². The summed E-state index contributed by atoms with van der Waals surface area (Å²) in [5.41, 5.74) is 0.676. The summed E-state index contributed by atoms with van der Waals surface area (Å²) in [7, 11) is 0. The topological polar surface area (TPSA) is 37.3 Å². The van der Waals surface area contributed by atoms with Crippen LogP contribution in [0.2, 0.25) is 0 Å². The maximum absolute atomic E-state index is 11.8. The third-order valence-corrected chi connectivity index (χ3v) is 3.18. The highest BCUT2D eigenvalue weighted by atomic mass is 16.3. The van der Waals surface area contributed by atoms with Gasteiger partial charge in [-0.2, -0.15) is 0 Å². The molecule has 15 heavy (non-hydrogen) atoms. The number of carbonyl (C=O) groups excluding carboxylic acids is 1. The fourth-order valence-electron chi connectivity index (χ4n) is 2.15. The molecule has 2 heteroatoms. The monoisotopic (exact) mass is 204 g/mol. The minimum atomic E-state index is -1.22. The molecule has 1 fully saturated rings. The van der Waals surface area contributed by atoms with Gasteiger partial charge in [-0.1, -0.05) is 29.8 Å². The molecule has 80 valence electrons. The molecule has 0 spiro atoms. The van der Waals surface area contributed by atoms with Crippen LogP contribution >= 0.6 is 0 Å². The van der Waals surface area contributed by atoms with E-state index in [4.69, 9.17) is 0 Å². The van der Waals surface area contributed by atoms with E-state index in [-0.39, 0.29) is 5.78 Å². The molecule has 0 aromatic heterocycles. The van der Waals surface area contributed by atoms with Crippen LogP contribution in [0.4, 0.5) is 0 Å². The molecule has 0 bridgehead atoms. The number of ketones is 1. The molecule has 0 aliphatic heterocycles. The lowest BCUT2D eigenvalue weighted by molar-refractivity contribution is -0.142. The predicted octanol–water partition coefficient (Wildman–Crippen LogP) is 2.33. The van der Waals surface area contributed by atoms with Gasteiger partial charge < -0.3 is 5.11 Å². The SMILES string of the molecule is Cc1ccc([C@@]2(O)CCCCC2=O)cc1. The number of aliphatic hydroxyl groups is 1. The average Bonchev–Trinajstić information content (AvgIpc) is 2.23. The van der Waals surface area contributed by atoms with Crippen molar-refractivity contribution < 1.29 is 9.90 Å². The molecule has 0 heterocycles. The molecule has 2 nitrogen and oxygen atoms in total. The standard InChI is InChI=1S/C13H16O2/c1-10-5-7-11(8-6-10)13(15)9-3-2-4-12(13)14/h5-8,15H,2-4,9H2,1H3/t13-/m0/s1. The number of carbonyl (C=O) groups is 1. The summed E-state index contributed by atoms with van der Waals surface area (Å²) < 4.78 is 0. The fourth-order valence-corrected chi connectivity index (χ4v) is 2.15. The van der Waals surface area contributed by atoms with E-state index in [0.29, 0.717) is 12.8 Å². The van der Waals surface area contributed by atoms with Gasteiger partial charge in [0.15, 0.2) is 5.78 Å². The van der Waals surface area contributed by atoms with Crippen molar-refractivity contribution in [3.05, 3.63) is 35.4 Å². The lowest BCUT2D eigenvalue weighted by atomic mass is 9.78. The van der Waals surface area contributed by atoms with E-state index in [1.54, 1.807) is 0 Å². The lowest BCUT2D eigenvalue weighted by Gasteiger charge is -2.30. The van der Waals surface area contributed by atoms with Gasteiger partial charge in [0, 0.05) is 6.42 Å². The van der Waals surface area contributed by atoms with Gasteiger partial charge in [-0.15, -0.1) is 0 Å². The van der Waals surface area contributed by atoms with Gasteiger partial charge in [-0.05, 0) is 31.7 Å². The summed E-state index contributed by atoms with van der Waals surface area (Å²) in [5.74, 6) is -0.0300. The normalized spacial score (nSPS) is 26.7. The van der Waals surface area contributed by atoms with Crippen LogP contribution in [-0.2, 0) is 10.4 Å². The van der Waals surface area contributed by atoms with Crippen molar-refractivity contribution in [2.45, 2.75) is 38.2 Å². The molecule has 1 N–H and O–H groups in total. The summed E-state index contributed by atoms with van der Waals surface area (Å²) in [5, 5.41) is 10.4. The van der Waals surface area contributed by atoms with E-state index in [0.717, 1.165) is 24.0 Å². The van der Waals surface area contributed by atoms with Gasteiger partial charge in [-0.25, -0.2) is 0 Å². The Morgan fingerprint density at radius 2 is 1.87 bits per heavy atom. The molecule has 0 amide bonds. The molecule has 0 saturated heterocycles. The van der Waals surface area contributed by atoms with Gasteiger partial charge in [0.05, 0.1) is 0 Å². The molecular weight excluding hydrogens is 188 g/mol. The third-order valence-electron chi connectivity index (χ3n) is 3.18. The van der Waals surface area contributed by atoms with E-state index in [1.165, 1.54) is 0 Å². The van der Waals surface area contributed by atoms with Crippen molar-refractivity contribution in [1.82, 2.24) is 0 Å². The smallest absolute Gasteiger partial charge is 0.168 e. The molecule has 1 aromatic rings. The van der Waals surface area contributed by atoms with Crippen molar-refractivity contribution in [1.29, 1.82) is 0 Å². The Kier molecular flexibility index (Phi) is 2.61. The minimum Gasteiger partial charge on any atom is -0.377 e. The zero-order valence-corrected chi connectivity index (χ0v) is 8.99. The highest BCUT2D eigenvalue weighted by molar-refractivity contribution is 5.88. The van der Waals surface area contributed by atoms with Crippen molar-refractivity contribution in [2.24, 2.45) is 0 Å². The van der Waals surface area contributed by atoms with Crippen LogP contribution in [0.3, 0.4) is 0 Å². The molecule has 1 aliphatic rings. The highest BCUT2D eigenvalue weighted by Crippen LogP contribution is 2.34. The van der Waals surface area contributed by atoms with E-state index >= 15 is 0 Å². The third kappa shape index (κ3) is 1.82. The van der Waals surface area contributed by atoms with E-state index < -0.39 is 5.60 Å². The van der Waals surface area contributed by atoms with Crippen molar-refractivity contribution >= 4 is 5.78 Å². The predicted molar refractivity (Wildman–Crippen MR) is 58.6 cm³/mol. The molecule has 2 rings (SSSR count). The molecule has 1 aliphatic carbocycles. The molecular formula is C13H16O2. The Balaban J connectivity index is 2.35. The van der Waals surface area contributed by atoms with Gasteiger partial charge in [0.2, 0.25) is 0 Å². The number of rotatable bonds is 1. The number of hydrogen-bond acceptors (Lipinski definition) is 2. The van der Waals surface area contributed by atoms with Crippen LogP contribution in [0.15, 0.2) is 24.3 Å². The van der Waals surface area contributed by atoms with Gasteiger partial charge in [-0.3, -0.25) is 4.79 Å². The summed E-state index contributed by atoms with van der Waals surface area (Å²) in [6.07, 6.45) is 2.91. The molecule has 1 aromatic carbocycles. The largest absolute Gasteiger partial charge is 0.377 e. The van der Waals surface area contributed by atoms with Crippen LogP contribution in [0, 0.1) is 6.92 Å². The first-order valence-electron chi connectivity index (χ1n) is 5.46. The highest BCUT2D eigenvalue weighted by Gasteiger charge is 2.38. The maximum Gasteiger partial charge on any atom is 0.168 e. The first kappa shape index (κ1) is 10.4. The second-order valence-corrected chi connectivity index (χ2v) is 4.36. The first-order valence-corrected chi connectivity index (χ1v) is 5.46. The van der Waals surface area contributed by atoms with Crippen LogP contribution in [0.5, 0.6) is 0 Å². The van der Waals surface area contributed by atoms with Crippen LogP contribution in [-0.4, -0.2) is 10.9 Å². The first-order chi connectivity index (χ1) is 7.13. The zero-order valence-electron chi connectivity index (χ0n) is 8.99. The summed E-state index contributed by atoms with van der Waals surface area (Å²) in [4.78, 5) is 11.8. The Labute approximate surface area is 89.9 Å².